The number of ether oxygens (including phenoxy) is 2. The van der Waals surface area contributed by atoms with Crippen LogP contribution in [0.4, 0.5) is 26.3 Å². The summed E-state index contributed by atoms with van der Waals surface area (Å²) in [6.45, 7) is 14.8. The van der Waals surface area contributed by atoms with Gasteiger partial charge in [-0.05, 0) is 43.9 Å². The summed E-state index contributed by atoms with van der Waals surface area (Å²) in [6.07, 6.45) is -4.14. The number of hydrogen-bond acceptors (Lipinski definition) is 6. The normalized spacial score (nSPS) is 12.3. The standard InChI is InChI=1S/C19H32BrF3N4O2Si2.C7H4BrF3N4.2CH4/c1-30(2,3)9-7-28-13-26-12-16(19(21,22)23)24-18(26)17-15(20)11-27(25-17)14-29-8-10-31(4,5)6;8-3-1-13-15-5(3)6-12-2-4(14-6)7(9,10)11;;/h11-12H,7-10,13-14H2,1-6H3;1-2H,(H,12,14)(H,13,15);2*1H4. The summed E-state index contributed by atoms with van der Waals surface area (Å²) in [6, 6.07) is 1.95. The number of halogens is 8. The molecule has 272 valence electrons. The Hall–Kier alpha value is -2.27. The second-order valence-electron chi connectivity index (χ2n) is 12.7. The first kappa shape index (κ1) is 43.8. The predicted octanol–water partition coefficient (Wildman–Crippen LogP) is 10.0. The molecule has 0 aliphatic heterocycles. The summed E-state index contributed by atoms with van der Waals surface area (Å²) in [7, 11) is -2.50. The Kier molecular flexibility index (Phi) is 16.0. The molecule has 0 atom stereocenters. The number of aromatic amines is 2. The lowest BCUT2D eigenvalue weighted by Gasteiger charge is -2.16. The van der Waals surface area contributed by atoms with Crippen LogP contribution in [0.25, 0.3) is 23.0 Å². The fourth-order valence-corrected chi connectivity index (χ4v) is 5.95. The molecule has 0 aromatic carbocycles. The maximum Gasteiger partial charge on any atom is 0.434 e. The minimum absolute atomic E-state index is 0. The molecule has 0 unspecified atom stereocenters. The number of hydrogen-bond donors (Lipinski definition) is 2. The number of nitrogens with zero attached hydrogens (tertiary/aromatic N) is 6. The molecule has 4 heterocycles. The van der Waals surface area contributed by atoms with E-state index in [1.807, 2.05) is 0 Å². The second-order valence-corrected chi connectivity index (χ2v) is 25.7. The van der Waals surface area contributed by atoms with Gasteiger partial charge in [0.05, 0.1) is 21.3 Å². The van der Waals surface area contributed by atoms with E-state index in [0.717, 1.165) is 24.5 Å². The van der Waals surface area contributed by atoms with Gasteiger partial charge in [-0.1, -0.05) is 54.1 Å². The van der Waals surface area contributed by atoms with Crippen LogP contribution in [0.3, 0.4) is 0 Å². The third-order valence-electron chi connectivity index (χ3n) is 6.15. The van der Waals surface area contributed by atoms with E-state index >= 15 is 0 Å². The van der Waals surface area contributed by atoms with Crippen molar-refractivity contribution >= 4 is 48.0 Å². The van der Waals surface area contributed by atoms with Crippen LogP contribution < -0.4 is 0 Å². The van der Waals surface area contributed by atoms with E-state index in [2.05, 4.69) is 101 Å². The van der Waals surface area contributed by atoms with Crippen molar-refractivity contribution < 1.29 is 35.8 Å². The van der Waals surface area contributed by atoms with Gasteiger partial charge in [-0.2, -0.15) is 36.5 Å². The molecule has 4 aromatic rings. The van der Waals surface area contributed by atoms with E-state index in [0.29, 0.717) is 33.5 Å². The first-order valence-electron chi connectivity index (χ1n) is 14.0. The van der Waals surface area contributed by atoms with Crippen LogP contribution in [-0.2, 0) is 35.3 Å². The van der Waals surface area contributed by atoms with Gasteiger partial charge in [0, 0.05) is 41.8 Å². The third-order valence-corrected chi connectivity index (χ3v) is 10.7. The molecule has 0 saturated carbocycles. The second kappa shape index (κ2) is 17.6. The first-order chi connectivity index (χ1) is 21.1. The maximum atomic E-state index is 13.3. The van der Waals surface area contributed by atoms with Crippen LogP contribution >= 0.6 is 31.9 Å². The fourth-order valence-electron chi connectivity index (χ4n) is 3.56. The van der Waals surface area contributed by atoms with E-state index < -0.39 is 39.9 Å². The Balaban J connectivity index is 0.000000568. The summed E-state index contributed by atoms with van der Waals surface area (Å²) in [4.78, 5) is 9.58. The molecular weight excluding hydrogens is 810 g/mol. The molecule has 10 nitrogen and oxygen atoms in total. The van der Waals surface area contributed by atoms with Crippen molar-refractivity contribution in [3.8, 4) is 23.0 Å². The molecule has 2 N–H and O–H groups in total. The van der Waals surface area contributed by atoms with Crippen molar-refractivity contribution in [3.63, 3.8) is 0 Å². The lowest BCUT2D eigenvalue weighted by molar-refractivity contribution is -0.141. The molecule has 0 radical (unpaired) electrons. The molecule has 0 fully saturated rings. The fraction of sp³-hybridized carbons (Fsp3) is 0.571. The van der Waals surface area contributed by atoms with Crippen molar-refractivity contribution in [1.82, 2.24) is 39.5 Å². The predicted molar refractivity (Wildman–Crippen MR) is 187 cm³/mol. The van der Waals surface area contributed by atoms with Gasteiger partial charge in [0.1, 0.15) is 30.5 Å². The maximum absolute atomic E-state index is 13.3. The number of nitrogens with one attached hydrogen (secondary N) is 2. The number of H-pyrrole nitrogens is 2. The highest BCUT2D eigenvalue weighted by Gasteiger charge is 2.36. The lowest BCUT2D eigenvalue weighted by atomic mass is 10.4. The smallest absolute Gasteiger partial charge is 0.361 e. The van der Waals surface area contributed by atoms with Gasteiger partial charge in [-0.3, -0.25) is 5.10 Å². The van der Waals surface area contributed by atoms with Crippen LogP contribution in [0, 0.1) is 0 Å². The van der Waals surface area contributed by atoms with Gasteiger partial charge < -0.3 is 19.0 Å². The summed E-state index contributed by atoms with van der Waals surface area (Å²) in [5, 5.41) is 10.6. The Morgan fingerprint density at radius 3 is 1.88 bits per heavy atom. The first-order valence-corrected chi connectivity index (χ1v) is 23.0. The number of aromatic nitrogens is 8. The summed E-state index contributed by atoms with van der Waals surface area (Å²) in [5.41, 5.74) is -1.16. The average Bonchev–Trinajstić information content (AvgIpc) is 3.69. The molecule has 0 aliphatic rings. The Labute approximate surface area is 295 Å². The van der Waals surface area contributed by atoms with Gasteiger partial charge in [0.25, 0.3) is 0 Å². The summed E-state index contributed by atoms with van der Waals surface area (Å²) in [5.74, 6) is 0.194. The molecular formula is C28H44Br2F6N8O2Si2. The van der Waals surface area contributed by atoms with Crippen LogP contribution in [0.2, 0.25) is 51.4 Å². The quantitative estimate of drug-likeness (QED) is 0.0834. The van der Waals surface area contributed by atoms with Crippen molar-refractivity contribution in [3.05, 3.63) is 45.1 Å². The highest BCUT2D eigenvalue weighted by molar-refractivity contribution is 9.11. The van der Waals surface area contributed by atoms with Crippen molar-refractivity contribution in [2.75, 3.05) is 13.2 Å². The van der Waals surface area contributed by atoms with Crippen LogP contribution in [0.5, 0.6) is 0 Å². The van der Waals surface area contributed by atoms with E-state index in [9.17, 15) is 26.3 Å². The number of imidazole rings is 2. The van der Waals surface area contributed by atoms with Gasteiger partial charge in [-0.25, -0.2) is 14.6 Å². The minimum Gasteiger partial charge on any atom is -0.361 e. The highest BCUT2D eigenvalue weighted by Crippen LogP contribution is 2.33. The molecule has 20 heteroatoms. The monoisotopic (exact) mass is 852 g/mol. The van der Waals surface area contributed by atoms with Gasteiger partial charge >= 0.3 is 12.4 Å². The van der Waals surface area contributed by atoms with E-state index in [1.165, 1.54) is 10.8 Å². The lowest BCUT2D eigenvalue weighted by Crippen LogP contribution is -2.22. The van der Waals surface area contributed by atoms with Crippen molar-refractivity contribution in [2.45, 2.75) is 92.0 Å². The zero-order valence-electron chi connectivity index (χ0n) is 26.1. The zero-order chi connectivity index (χ0) is 34.5. The molecule has 4 aromatic heterocycles. The largest absolute Gasteiger partial charge is 0.434 e. The highest BCUT2D eigenvalue weighted by atomic mass is 79.9. The van der Waals surface area contributed by atoms with E-state index in [1.54, 1.807) is 10.9 Å². The molecule has 4 rings (SSSR count). The number of rotatable bonds is 12. The third kappa shape index (κ3) is 13.6. The average molecular weight is 855 g/mol. The minimum atomic E-state index is -4.55. The van der Waals surface area contributed by atoms with Gasteiger partial charge in [0.15, 0.2) is 17.3 Å². The van der Waals surface area contributed by atoms with Crippen LogP contribution in [0.15, 0.2) is 33.7 Å². The Bertz CT molecular complexity index is 1560. The summed E-state index contributed by atoms with van der Waals surface area (Å²) < 4.78 is 91.9. The summed E-state index contributed by atoms with van der Waals surface area (Å²) >= 11 is 6.52. The molecule has 0 bridgehead atoms. The van der Waals surface area contributed by atoms with E-state index in [4.69, 9.17) is 9.47 Å². The van der Waals surface area contributed by atoms with Gasteiger partial charge in [0.2, 0.25) is 0 Å². The van der Waals surface area contributed by atoms with Crippen LogP contribution in [-0.4, -0.2) is 68.9 Å². The Morgan fingerprint density at radius 1 is 0.812 bits per heavy atom. The Morgan fingerprint density at radius 2 is 1.40 bits per heavy atom. The molecule has 0 aliphatic carbocycles. The van der Waals surface area contributed by atoms with Crippen LogP contribution in [0.1, 0.15) is 26.2 Å². The zero-order valence-corrected chi connectivity index (χ0v) is 31.2. The van der Waals surface area contributed by atoms with Crippen molar-refractivity contribution in [1.29, 1.82) is 0 Å². The molecule has 0 amide bonds. The topological polar surface area (TPSA) is 111 Å². The van der Waals surface area contributed by atoms with Crippen molar-refractivity contribution in [2.24, 2.45) is 0 Å². The molecule has 0 spiro atoms. The SMILES string of the molecule is C.C.C[Si](C)(C)CCOCn1cc(Br)c(-c2nc(C(F)(F)F)cn2COCC[Si](C)(C)C)n1.FC(F)(F)c1cnc(-c2[nH]ncc2Br)[nH]1. The van der Waals surface area contributed by atoms with E-state index in [-0.39, 0.29) is 40.0 Å². The molecule has 48 heavy (non-hydrogen) atoms. The number of alkyl halides is 6. The van der Waals surface area contributed by atoms with Gasteiger partial charge in [-0.15, -0.1) is 0 Å². The molecule has 0 saturated heterocycles.